The van der Waals surface area contributed by atoms with Gasteiger partial charge in [0.25, 0.3) is 6.20 Å². The Morgan fingerprint density at radius 3 is 2.41 bits per heavy atom. The van der Waals surface area contributed by atoms with Crippen molar-refractivity contribution in [2.75, 3.05) is 31.5 Å². The van der Waals surface area contributed by atoms with Crippen LogP contribution in [0.25, 0.3) is 0 Å². The second-order valence-corrected chi connectivity index (χ2v) is 8.07. The first kappa shape index (κ1) is 25.1. The Morgan fingerprint density at radius 2 is 1.79 bits per heavy atom. The summed E-state index contributed by atoms with van der Waals surface area (Å²) in [6.45, 7) is 1.72. The molecule has 1 aromatic rings. The quantitative estimate of drug-likeness (QED) is 0.430. The van der Waals surface area contributed by atoms with Crippen LogP contribution in [0.2, 0.25) is 0 Å². The van der Waals surface area contributed by atoms with Gasteiger partial charge in [-0.25, -0.2) is 0 Å². The molecule has 1 aromatic carbocycles. The number of carbonyl (C=O) groups excluding carboxylic acids is 2. The molecule has 2 heterocycles. The zero-order valence-electron chi connectivity index (χ0n) is 18.3. The number of carbonyl (C=O) groups is 2. The van der Waals surface area contributed by atoms with Gasteiger partial charge in [0, 0.05) is 25.3 Å². The first-order valence-electron chi connectivity index (χ1n) is 10.9. The Balaban J connectivity index is 1.67. The maximum absolute atomic E-state index is 13.1. The van der Waals surface area contributed by atoms with Gasteiger partial charge in [-0.1, -0.05) is 0 Å². The number of nitrogens with one attached hydrogen (secondary N) is 2. The molecule has 13 heteroatoms. The molecule has 2 aliphatic rings. The minimum atomic E-state index is -4.84. The van der Waals surface area contributed by atoms with E-state index in [2.05, 4.69) is 15.4 Å². The Morgan fingerprint density at radius 1 is 1.15 bits per heavy atom. The SMILES string of the molecule is O=C(CN1CCCC[C@H](NC(=C[N+](=O)[O-])Nc2ccc(OC(F)(F)F)cc2)C1=O)N1CCCC1. The third kappa shape index (κ3) is 7.52. The third-order valence-electron chi connectivity index (χ3n) is 5.50. The molecule has 3 rings (SSSR count). The van der Waals surface area contributed by atoms with E-state index in [1.165, 1.54) is 17.0 Å². The molecule has 0 saturated carbocycles. The molecule has 1 atom stereocenters. The molecule has 2 amide bonds. The lowest BCUT2D eigenvalue weighted by molar-refractivity contribution is -0.403. The molecule has 34 heavy (non-hydrogen) atoms. The van der Waals surface area contributed by atoms with Crippen LogP contribution in [-0.2, 0) is 9.59 Å². The molecule has 2 fully saturated rings. The van der Waals surface area contributed by atoms with Gasteiger partial charge in [0.05, 0.1) is 11.5 Å². The highest BCUT2D eigenvalue weighted by molar-refractivity contribution is 5.88. The maximum Gasteiger partial charge on any atom is 0.573 e. The van der Waals surface area contributed by atoms with E-state index in [9.17, 15) is 32.9 Å². The zero-order chi connectivity index (χ0) is 24.7. The van der Waals surface area contributed by atoms with Crippen LogP contribution in [0.15, 0.2) is 36.3 Å². The maximum atomic E-state index is 13.1. The van der Waals surface area contributed by atoms with Crippen LogP contribution in [-0.4, -0.2) is 65.1 Å². The minimum Gasteiger partial charge on any atom is -0.406 e. The number of anilines is 1. The molecule has 10 nitrogen and oxygen atoms in total. The number of nitro groups is 1. The van der Waals surface area contributed by atoms with Crippen molar-refractivity contribution >= 4 is 17.5 Å². The summed E-state index contributed by atoms with van der Waals surface area (Å²) in [4.78, 5) is 39.2. The van der Waals surface area contributed by atoms with E-state index in [1.54, 1.807) is 4.90 Å². The van der Waals surface area contributed by atoms with Crippen LogP contribution in [0.1, 0.15) is 32.1 Å². The van der Waals surface area contributed by atoms with Crippen molar-refractivity contribution < 1.29 is 32.4 Å². The van der Waals surface area contributed by atoms with Gasteiger partial charge in [0.1, 0.15) is 11.8 Å². The van der Waals surface area contributed by atoms with Crippen molar-refractivity contribution in [3.63, 3.8) is 0 Å². The molecule has 0 radical (unpaired) electrons. The van der Waals surface area contributed by atoms with E-state index >= 15 is 0 Å². The summed E-state index contributed by atoms with van der Waals surface area (Å²) in [6.07, 6.45) is -0.552. The lowest BCUT2D eigenvalue weighted by atomic mass is 10.1. The number of halogens is 3. The van der Waals surface area contributed by atoms with Gasteiger partial charge >= 0.3 is 6.36 Å². The number of nitrogens with zero attached hydrogens (tertiary/aromatic N) is 3. The highest BCUT2D eigenvalue weighted by Gasteiger charge is 2.32. The number of hydrogen-bond acceptors (Lipinski definition) is 7. The molecule has 0 spiro atoms. The molecule has 0 bridgehead atoms. The highest BCUT2D eigenvalue weighted by atomic mass is 19.4. The summed E-state index contributed by atoms with van der Waals surface area (Å²) in [5.74, 6) is -1.01. The van der Waals surface area contributed by atoms with E-state index in [-0.39, 0.29) is 29.9 Å². The summed E-state index contributed by atoms with van der Waals surface area (Å²) in [6, 6.07) is 3.82. The van der Waals surface area contributed by atoms with Gasteiger partial charge in [-0.05, 0) is 56.4 Å². The molecule has 2 aliphatic heterocycles. The predicted molar refractivity (Wildman–Crippen MR) is 115 cm³/mol. The first-order valence-corrected chi connectivity index (χ1v) is 10.9. The number of alkyl halides is 3. The summed E-state index contributed by atoms with van der Waals surface area (Å²) in [7, 11) is 0. The van der Waals surface area contributed by atoms with Crippen LogP contribution >= 0.6 is 0 Å². The largest absolute Gasteiger partial charge is 0.573 e. The average Bonchev–Trinajstić information content (AvgIpc) is 3.24. The molecule has 0 unspecified atom stereocenters. The van der Waals surface area contributed by atoms with E-state index in [1.807, 2.05) is 0 Å². The normalized spacial score (nSPS) is 19.6. The fourth-order valence-corrected chi connectivity index (χ4v) is 3.92. The van der Waals surface area contributed by atoms with Crippen LogP contribution in [0, 0.1) is 10.1 Å². The Labute approximate surface area is 193 Å². The van der Waals surface area contributed by atoms with E-state index in [0.29, 0.717) is 45.1 Å². The van der Waals surface area contributed by atoms with Crippen LogP contribution in [0.5, 0.6) is 5.75 Å². The van der Waals surface area contributed by atoms with E-state index in [4.69, 9.17) is 0 Å². The standard InChI is InChI=1S/C21H26F3N5O5/c22-21(23,24)34-16-8-6-15(7-9-16)25-18(13-29(32)33)26-17-5-1-2-12-28(20(17)31)14-19(30)27-10-3-4-11-27/h6-9,13,17,25-26H,1-5,10-12,14H2/t17-/m0/s1. The van der Waals surface area contributed by atoms with E-state index < -0.39 is 23.1 Å². The number of ether oxygens (including phenoxy) is 1. The molecule has 0 aliphatic carbocycles. The number of amides is 2. The third-order valence-corrected chi connectivity index (χ3v) is 5.50. The van der Waals surface area contributed by atoms with Gasteiger partial charge in [-0.15, -0.1) is 13.2 Å². The molecule has 0 aromatic heterocycles. The van der Waals surface area contributed by atoms with Crippen LogP contribution < -0.4 is 15.4 Å². The molecule has 186 valence electrons. The van der Waals surface area contributed by atoms with Crippen molar-refractivity contribution in [1.82, 2.24) is 15.1 Å². The Kier molecular flexibility index (Phi) is 8.18. The topological polar surface area (TPSA) is 117 Å². The smallest absolute Gasteiger partial charge is 0.406 e. The van der Waals surface area contributed by atoms with Gasteiger partial charge in [0.2, 0.25) is 11.8 Å². The Hall–Kier alpha value is -3.51. The minimum absolute atomic E-state index is 0.0423. The van der Waals surface area contributed by atoms with Gasteiger partial charge in [0.15, 0.2) is 5.82 Å². The van der Waals surface area contributed by atoms with Crippen molar-refractivity contribution in [3.05, 3.63) is 46.4 Å². The van der Waals surface area contributed by atoms with Crippen molar-refractivity contribution in [3.8, 4) is 5.75 Å². The van der Waals surface area contributed by atoms with Crippen LogP contribution in [0.3, 0.4) is 0 Å². The monoisotopic (exact) mass is 485 g/mol. The number of hydrogen-bond donors (Lipinski definition) is 2. The first-order chi connectivity index (χ1) is 16.1. The Bertz CT molecular complexity index is 916. The predicted octanol–water partition coefficient (Wildman–Crippen LogP) is 2.67. The molecule has 2 saturated heterocycles. The fraction of sp³-hybridized carbons (Fsp3) is 0.524. The summed E-state index contributed by atoms with van der Waals surface area (Å²) in [5.41, 5.74) is 0.247. The number of benzene rings is 1. The van der Waals surface area contributed by atoms with E-state index in [0.717, 1.165) is 25.0 Å². The lowest BCUT2D eigenvalue weighted by Crippen LogP contribution is -2.49. The van der Waals surface area contributed by atoms with Crippen molar-refractivity contribution in [1.29, 1.82) is 0 Å². The summed E-state index contributed by atoms with van der Waals surface area (Å²) < 4.78 is 40.8. The van der Waals surface area contributed by atoms with Crippen LogP contribution in [0.4, 0.5) is 18.9 Å². The summed E-state index contributed by atoms with van der Waals surface area (Å²) in [5, 5.41) is 16.7. The second kappa shape index (κ2) is 11.1. The summed E-state index contributed by atoms with van der Waals surface area (Å²) >= 11 is 0. The molecule has 2 N–H and O–H groups in total. The van der Waals surface area contributed by atoms with Crippen molar-refractivity contribution in [2.24, 2.45) is 0 Å². The number of rotatable bonds is 8. The highest BCUT2D eigenvalue weighted by Crippen LogP contribution is 2.24. The zero-order valence-corrected chi connectivity index (χ0v) is 18.3. The fourth-order valence-electron chi connectivity index (χ4n) is 3.92. The second-order valence-electron chi connectivity index (χ2n) is 8.07. The molecular formula is C21H26F3N5O5. The average molecular weight is 485 g/mol. The number of likely N-dealkylation sites (tertiary alicyclic amines) is 2. The lowest BCUT2D eigenvalue weighted by Gasteiger charge is -2.27. The van der Waals surface area contributed by atoms with Gasteiger partial charge in [-0.3, -0.25) is 19.7 Å². The van der Waals surface area contributed by atoms with Crippen molar-refractivity contribution in [2.45, 2.75) is 44.5 Å². The van der Waals surface area contributed by atoms with Gasteiger partial charge < -0.3 is 25.2 Å². The molecular weight excluding hydrogens is 459 g/mol. The van der Waals surface area contributed by atoms with Gasteiger partial charge in [-0.2, -0.15) is 0 Å².